The summed E-state index contributed by atoms with van der Waals surface area (Å²) in [7, 11) is 0. The minimum Gasteiger partial charge on any atom is -0.399 e. The second-order valence-corrected chi connectivity index (χ2v) is 5.00. The Hall–Kier alpha value is -1.07. The number of hydrogen-bond donors (Lipinski definition) is 2. The van der Waals surface area contributed by atoms with Gasteiger partial charge >= 0.3 is 0 Å². The Morgan fingerprint density at radius 3 is 2.44 bits per heavy atom. The van der Waals surface area contributed by atoms with Crippen LogP contribution >= 0.6 is 31.9 Å². The molecule has 0 aliphatic carbocycles. The van der Waals surface area contributed by atoms with Gasteiger partial charge < -0.3 is 11.1 Å². The van der Waals surface area contributed by atoms with E-state index in [1.165, 1.54) is 0 Å². The molecule has 1 heterocycles. The predicted molar refractivity (Wildman–Crippen MR) is 73.8 cm³/mol. The molecule has 82 valence electrons. The van der Waals surface area contributed by atoms with Crippen molar-refractivity contribution in [3.8, 4) is 0 Å². The van der Waals surface area contributed by atoms with Crippen molar-refractivity contribution in [2.24, 2.45) is 0 Å². The molecule has 0 unspecified atom stereocenters. The number of nitrogens with zero attached hydrogens (tertiary/aromatic N) is 1. The molecule has 0 atom stereocenters. The Balaban J connectivity index is 2.23. The van der Waals surface area contributed by atoms with Crippen LogP contribution in [0.25, 0.3) is 0 Å². The van der Waals surface area contributed by atoms with Gasteiger partial charge in [-0.05, 0) is 62.2 Å². The summed E-state index contributed by atoms with van der Waals surface area (Å²) in [5.74, 6) is 0.771. The maximum Gasteiger partial charge on any atom is 0.144 e. The second kappa shape index (κ2) is 4.84. The minimum atomic E-state index is 0.744. The van der Waals surface area contributed by atoms with Crippen LogP contribution in [0.15, 0.2) is 45.5 Å². The number of halogens is 2. The first-order valence-corrected chi connectivity index (χ1v) is 6.17. The molecule has 0 fully saturated rings. The van der Waals surface area contributed by atoms with Gasteiger partial charge in [0.25, 0.3) is 0 Å². The molecule has 3 N–H and O–H groups in total. The van der Waals surface area contributed by atoms with E-state index in [-0.39, 0.29) is 0 Å². The first kappa shape index (κ1) is 11.4. The van der Waals surface area contributed by atoms with Crippen LogP contribution in [0, 0.1) is 0 Å². The highest BCUT2D eigenvalue weighted by molar-refractivity contribution is 9.11. The van der Waals surface area contributed by atoms with Crippen LogP contribution in [0.1, 0.15) is 0 Å². The van der Waals surface area contributed by atoms with Crippen molar-refractivity contribution >= 4 is 49.1 Å². The smallest absolute Gasteiger partial charge is 0.144 e. The highest BCUT2D eigenvalue weighted by Crippen LogP contribution is 2.26. The van der Waals surface area contributed by atoms with Crippen LogP contribution < -0.4 is 11.1 Å². The number of hydrogen-bond acceptors (Lipinski definition) is 3. The molecule has 2 rings (SSSR count). The zero-order valence-corrected chi connectivity index (χ0v) is 11.4. The van der Waals surface area contributed by atoms with E-state index in [0.717, 1.165) is 26.1 Å². The first-order valence-electron chi connectivity index (χ1n) is 4.59. The van der Waals surface area contributed by atoms with Crippen LogP contribution in [-0.2, 0) is 0 Å². The zero-order chi connectivity index (χ0) is 11.5. The quantitative estimate of drug-likeness (QED) is 0.813. The van der Waals surface area contributed by atoms with Crippen LogP contribution in [0.3, 0.4) is 0 Å². The molecule has 2 aromatic rings. The fourth-order valence-electron chi connectivity index (χ4n) is 1.21. The van der Waals surface area contributed by atoms with Gasteiger partial charge in [-0.25, -0.2) is 4.98 Å². The minimum absolute atomic E-state index is 0.744. The van der Waals surface area contributed by atoms with Gasteiger partial charge in [0.15, 0.2) is 0 Å². The van der Waals surface area contributed by atoms with Crippen molar-refractivity contribution in [2.45, 2.75) is 0 Å². The Labute approximate surface area is 110 Å². The lowest BCUT2D eigenvalue weighted by Gasteiger charge is -2.07. The number of pyridine rings is 1. The lowest BCUT2D eigenvalue weighted by atomic mass is 10.3. The number of anilines is 3. The Morgan fingerprint density at radius 2 is 1.81 bits per heavy atom. The van der Waals surface area contributed by atoms with E-state index in [9.17, 15) is 0 Å². The summed E-state index contributed by atoms with van der Waals surface area (Å²) < 4.78 is 1.83. The molecular formula is C11H9Br2N3. The van der Waals surface area contributed by atoms with Gasteiger partial charge in [0.2, 0.25) is 0 Å². The van der Waals surface area contributed by atoms with Gasteiger partial charge in [0, 0.05) is 22.0 Å². The van der Waals surface area contributed by atoms with Crippen molar-refractivity contribution in [1.29, 1.82) is 0 Å². The van der Waals surface area contributed by atoms with Crippen molar-refractivity contribution in [3.63, 3.8) is 0 Å². The summed E-state index contributed by atoms with van der Waals surface area (Å²) in [6, 6.07) is 9.44. The highest BCUT2D eigenvalue weighted by Gasteiger charge is 2.02. The normalized spacial score (nSPS) is 10.1. The number of nitrogens with two attached hydrogens (primary N) is 1. The fourth-order valence-corrected chi connectivity index (χ4v) is 2.30. The number of nitrogen functional groups attached to an aromatic ring is 1. The van der Waals surface area contributed by atoms with E-state index in [0.29, 0.717) is 0 Å². The molecule has 0 saturated carbocycles. The monoisotopic (exact) mass is 341 g/mol. The van der Waals surface area contributed by atoms with Gasteiger partial charge in [-0.15, -0.1) is 0 Å². The molecule has 0 spiro atoms. The molecule has 0 amide bonds. The molecule has 1 aromatic carbocycles. The average Bonchev–Trinajstić information content (AvgIpc) is 2.25. The second-order valence-electron chi connectivity index (χ2n) is 3.23. The van der Waals surface area contributed by atoms with Crippen LogP contribution in [-0.4, -0.2) is 4.98 Å². The SMILES string of the molecule is Nc1ccc(Nc2ncc(Br)cc2Br)cc1. The van der Waals surface area contributed by atoms with Gasteiger partial charge in [-0.2, -0.15) is 0 Å². The van der Waals surface area contributed by atoms with Crippen molar-refractivity contribution in [1.82, 2.24) is 4.98 Å². The van der Waals surface area contributed by atoms with Gasteiger partial charge in [0.05, 0.1) is 4.47 Å². The van der Waals surface area contributed by atoms with E-state index in [1.54, 1.807) is 6.20 Å². The molecule has 3 nitrogen and oxygen atoms in total. The van der Waals surface area contributed by atoms with Crippen LogP contribution in [0.5, 0.6) is 0 Å². The predicted octanol–water partition coefficient (Wildman–Crippen LogP) is 3.93. The van der Waals surface area contributed by atoms with E-state index >= 15 is 0 Å². The summed E-state index contributed by atoms with van der Waals surface area (Å²) in [6.07, 6.45) is 1.74. The third-order valence-electron chi connectivity index (χ3n) is 1.98. The standard InChI is InChI=1S/C11H9Br2N3/c12-7-5-10(13)11(15-6-7)16-9-3-1-8(14)2-4-9/h1-6H,14H2,(H,15,16). The first-order chi connectivity index (χ1) is 7.65. The largest absolute Gasteiger partial charge is 0.399 e. The Kier molecular flexibility index (Phi) is 3.46. The van der Waals surface area contributed by atoms with Gasteiger partial charge in [-0.3, -0.25) is 0 Å². The molecule has 0 bridgehead atoms. The van der Waals surface area contributed by atoms with Crippen molar-refractivity contribution in [3.05, 3.63) is 45.5 Å². The zero-order valence-electron chi connectivity index (χ0n) is 8.24. The van der Waals surface area contributed by atoms with E-state index in [4.69, 9.17) is 5.73 Å². The number of nitrogens with one attached hydrogen (secondary N) is 1. The molecule has 0 radical (unpaired) electrons. The molecule has 5 heteroatoms. The fraction of sp³-hybridized carbons (Fsp3) is 0. The van der Waals surface area contributed by atoms with Gasteiger partial charge in [-0.1, -0.05) is 0 Å². The number of benzene rings is 1. The molecule has 0 saturated heterocycles. The summed E-state index contributed by atoms with van der Waals surface area (Å²) in [6.45, 7) is 0. The van der Waals surface area contributed by atoms with Crippen LogP contribution in [0.4, 0.5) is 17.2 Å². The number of aromatic nitrogens is 1. The van der Waals surface area contributed by atoms with Gasteiger partial charge in [0.1, 0.15) is 5.82 Å². The van der Waals surface area contributed by atoms with Crippen molar-refractivity contribution in [2.75, 3.05) is 11.1 Å². The number of rotatable bonds is 2. The van der Waals surface area contributed by atoms with E-state index in [2.05, 4.69) is 42.2 Å². The molecule has 0 aliphatic heterocycles. The van der Waals surface area contributed by atoms with Crippen molar-refractivity contribution < 1.29 is 0 Å². The molecule has 1 aromatic heterocycles. The highest BCUT2D eigenvalue weighted by atomic mass is 79.9. The summed E-state index contributed by atoms with van der Waals surface area (Å²) >= 11 is 6.79. The lowest BCUT2D eigenvalue weighted by Crippen LogP contribution is -1.94. The Bertz CT molecular complexity index is 497. The lowest BCUT2D eigenvalue weighted by molar-refractivity contribution is 1.27. The topological polar surface area (TPSA) is 50.9 Å². The maximum absolute atomic E-state index is 5.61. The molecular weight excluding hydrogens is 334 g/mol. The van der Waals surface area contributed by atoms with E-state index < -0.39 is 0 Å². The summed E-state index contributed by atoms with van der Waals surface area (Å²) in [4.78, 5) is 4.26. The Morgan fingerprint density at radius 1 is 1.12 bits per heavy atom. The molecule has 16 heavy (non-hydrogen) atoms. The van der Waals surface area contributed by atoms with Crippen LogP contribution in [0.2, 0.25) is 0 Å². The molecule has 0 aliphatic rings. The van der Waals surface area contributed by atoms with E-state index in [1.807, 2.05) is 30.3 Å². The summed E-state index contributed by atoms with van der Waals surface area (Å²) in [5.41, 5.74) is 7.30. The third-order valence-corrected chi connectivity index (χ3v) is 3.02. The summed E-state index contributed by atoms with van der Waals surface area (Å²) in [5, 5.41) is 3.19. The third kappa shape index (κ3) is 2.74. The average molecular weight is 343 g/mol. The maximum atomic E-state index is 5.61.